The van der Waals surface area contributed by atoms with Crippen LogP contribution in [0.15, 0.2) is 85.3 Å². The van der Waals surface area contributed by atoms with Crippen LogP contribution in [0.4, 0.5) is 0 Å². The number of aromatic nitrogens is 3. The molecule has 0 spiro atoms. The summed E-state index contributed by atoms with van der Waals surface area (Å²) in [6, 6.07) is 26.4. The zero-order valence-corrected chi connectivity index (χ0v) is 14.4. The van der Waals surface area contributed by atoms with E-state index in [9.17, 15) is 5.26 Å². The molecule has 0 saturated heterocycles. The summed E-state index contributed by atoms with van der Waals surface area (Å²) in [6.07, 6.45) is 3.54. The highest BCUT2D eigenvalue weighted by atomic mass is 15.1. The van der Waals surface area contributed by atoms with E-state index in [1.807, 2.05) is 53.1 Å². The molecule has 5 rings (SSSR count). The standard InChI is InChI=1S/C23H14N4/c24-13-18-8-4-5-9-22(18)27-15-26-21-14-25-20-11-10-17(12-19(20)23(21)27)16-6-2-1-3-7-16/h1-12,14-15H. The van der Waals surface area contributed by atoms with Crippen LogP contribution in [0.1, 0.15) is 5.56 Å². The molecular weight excluding hydrogens is 332 g/mol. The summed E-state index contributed by atoms with van der Waals surface area (Å²) in [4.78, 5) is 9.07. The zero-order valence-electron chi connectivity index (χ0n) is 14.4. The van der Waals surface area contributed by atoms with Gasteiger partial charge in [-0.3, -0.25) is 9.55 Å². The Labute approximate surface area is 156 Å². The van der Waals surface area contributed by atoms with E-state index in [2.05, 4.69) is 40.3 Å². The van der Waals surface area contributed by atoms with Gasteiger partial charge in [-0.1, -0.05) is 48.5 Å². The minimum absolute atomic E-state index is 0.612. The Kier molecular flexibility index (Phi) is 3.44. The Bertz CT molecular complexity index is 1330. The molecule has 126 valence electrons. The normalized spacial score (nSPS) is 10.9. The van der Waals surface area contributed by atoms with Crippen molar-refractivity contribution >= 4 is 21.9 Å². The van der Waals surface area contributed by atoms with Crippen LogP contribution in [0.3, 0.4) is 0 Å². The van der Waals surface area contributed by atoms with Gasteiger partial charge in [-0.25, -0.2) is 4.98 Å². The fraction of sp³-hybridized carbons (Fsp3) is 0. The van der Waals surface area contributed by atoms with Crippen molar-refractivity contribution in [2.45, 2.75) is 0 Å². The van der Waals surface area contributed by atoms with Crippen LogP contribution < -0.4 is 0 Å². The van der Waals surface area contributed by atoms with Gasteiger partial charge in [0.05, 0.1) is 28.5 Å². The van der Waals surface area contributed by atoms with Gasteiger partial charge in [0.2, 0.25) is 0 Å². The number of hydrogen-bond acceptors (Lipinski definition) is 3. The maximum atomic E-state index is 9.50. The molecule has 0 amide bonds. The number of imidazole rings is 1. The Morgan fingerprint density at radius 2 is 1.59 bits per heavy atom. The van der Waals surface area contributed by atoms with Gasteiger partial charge < -0.3 is 0 Å². The van der Waals surface area contributed by atoms with Crippen molar-refractivity contribution in [2.24, 2.45) is 0 Å². The molecule has 4 heteroatoms. The number of pyridine rings is 1. The quantitative estimate of drug-likeness (QED) is 0.446. The predicted octanol–water partition coefficient (Wildman–Crippen LogP) is 5.11. The minimum atomic E-state index is 0.612. The topological polar surface area (TPSA) is 54.5 Å². The molecule has 2 heterocycles. The second-order valence-electron chi connectivity index (χ2n) is 6.33. The van der Waals surface area contributed by atoms with Gasteiger partial charge in [0, 0.05) is 5.39 Å². The van der Waals surface area contributed by atoms with Crippen LogP contribution in [-0.4, -0.2) is 14.5 Å². The molecule has 0 bridgehead atoms. The maximum Gasteiger partial charge on any atom is 0.108 e. The SMILES string of the molecule is N#Cc1ccccc1-n1cnc2cnc3ccc(-c4ccccc4)cc3c21. The third-order valence-electron chi connectivity index (χ3n) is 4.76. The molecule has 0 unspecified atom stereocenters. The zero-order chi connectivity index (χ0) is 18.2. The second kappa shape index (κ2) is 6.08. The average Bonchev–Trinajstić information content (AvgIpc) is 3.18. The Balaban J connectivity index is 1.84. The van der Waals surface area contributed by atoms with Crippen LogP contribution >= 0.6 is 0 Å². The summed E-state index contributed by atoms with van der Waals surface area (Å²) >= 11 is 0. The minimum Gasteiger partial charge on any atom is -0.297 e. The monoisotopic (exact) mass is 346 g/mol. The first-order valence-corrected chi connectivity index (χ1v) is 8.66. The molecule has 0 aliphatic carbocycles. The van der Waals surface area contributed by atoms with Gasteiger partial charge in [-0.15, -0.1) is 0 Å². The molecule has 5 aromatic rings. The third kappa shape index (κ3) is 2.45. The van der Waals surface area contributed by atoms with Gasteiger partial charge in [-0.05, 0) is 35.4 Å². The lowest BCUT2D eigenvalue weighted by Crippen LogP contribution is -1.96. The molecule has 3 aromatic carbocycles. The molecule has 2 aromatic heterocycles. The van der Waals surface area contributed by atoms with E-state index < -0.39 is 0 Å². The summed E-state index contributed by atoms with van der Waals surface area (Å²) in [5.41, 5.74) is 6.37. The molecule has 4 nitrogen and oxygen atoms in total. The fourth-order valence-corrected chi connectivity index (χ4v) is 3.46. The number of rotatable bonds is 2. The van der Waals surface area contributed by atoms with Crippen LogP contribution in [0.2, 0.25) is 0 Å². The van der Waals surface area contributed by atoms with Crippen LogP contribution in [-0.2, 0) is 0 Å². The van der Waals surface area contributed by atoms with Crippen molar-refractivity contribution in [1.82, 2.24) is 14.5 Å². The van der Waals surface area contributed by atoms with Crippen molar-refractivity contribution in [3.8, 4) is 22.9 Å². The number of benzene rings is 3. The average molecular weight is 346 g/mol. The Morgan fingerprint density at radius 3 is 2.44 bits per heavy atom. The number of fused-ring (bicyclic) bond motifs is 3. The van der Waals surface area contributed by atoms with E-state index in [1.54, 1.807) is 12.5 Å². The van der Waals surface area contributed by atoms with E-state index in [0.29, 0.717) is 5.56 Å². The lowest BCUT2D eigenvalue weighted by molar-refractivity contribution is 1.09. The maximum absolute atomic E-state index is 9.50. The summed E-state index contributed by atoms with van der Waals surface area (Å²) in [7, 11) is 0. The Morgan fingerprint density at radius 1 is 0.778 bits per heavy atom. The summed E-state index contributed by atoms with van der Waals surface area (Å²) in [5, 5.41) is 10.5. The number of nitrogens with zero attached hydrogens (tertiary/aromatic N) is 4. The number of para-hydroxylation sites is 1. The number of hydrogen-bond donors (Lipinski definition) is 0. The van der Waals surface area contributed by atoms with E-state index in [0.717, 1.165) is 38.8 Å². The fourth-order valence-electron chi connectivity index (χ4n) is 3.46. The molecule has 0 N–H and O–H groups in total. The van der Waals surface area contributed by atoms with E-state index in [1.165, 1.54) is 0 Å². The van der Waals surface area contributed by atoms with Crippen molar-refractivity contribution in [3.63, 3.8) is 0 Å². The summed E-state index contributed by atoms with van der Waals surface area (Å²) in [6.45, 7) is 0. The van der Waals surface area contributed by atoms with Crippen LogP contribution in [0, 0.1) is 11.3 Å². The van der Waals surface area contributed by atoms with Gasteiger partial charge in [0.25, 0.3) is 0 Å². The van der Waals surface area contributed by atoms with Gasteiger partial charge in [0.1, 0.15) is 17.9 Å². The lowest BCUT2D eigenvalue weighted by Gasteiger charge is -2.09. The molecule has 0 fully saturated rings. The number of nitriles is 1. The summed E-state index contributed by atoms with van der Waals surface area (Å²) < 4.78 is 1.98. The third-order valence-corrected chi connectivity index (χ3v) is 4.76. The molecule has 27 heavy (non-hydrogen) atoms. The highest BCUT2D eigenvalue weighted by Crippen LogP contribution is 2.30. The van der Waals surface area contributed by atoms with Crippen LogP contribution in [0.25, 0.3) is 38.8 Å². The highest BCUT2D eigenvalue weighted by molar-refractivity contribution is 6.04. The van der Waals surface area contributed by atoms with Gasteiger partial charge >= 0.3 is 0 Å². The smallest absolute Gasteiger partial charge is 0.108 e. The van der Waals surface area contributed by atoms with Crippen molar-refractivity contribution < 1.29 is 0 Å². The van der Waals surface area contributed by atoms with E-state index >= 15 is 0 Å². The Hall–Kier alpha value is -3.97. The van der Waals surface area contributed by atoms with E-state index in [4.69, 9.17) is 0 Å². The van der Waals surface area contributed by atoms with Gasteiger partial charge in [-0.2, -0.15) is 5.26 Å². The predicted molar refractivity (Wildman–Crippen MR) is 107 cm³/mol. The lowest BCUT2D eigenvalue weighted by atomic mass is 10.0. The molecule has 0 saturated carbocycles. The van der Waals surface area contributed by atoms with Crippen molar-refractivity contribution in [3.05, 3.63) is 90.9 Å². The molecule has 0 radical (unpaired) electrons. The van der Waals surface area contributed by atoms with Crippen LogP contribution in [0.5, 0.6) is 0 Å². The molecule has 0 aliphatic rings. The largest absolute Gasteiger partial charge is 0.297 e. The van der Waals surface area contributed by atoms with E-state index in [-0.39, 0.29) is 0 Å². The molecule has 0 atom stereocenters. The first-order chi connectivity index (χ1) is 13.3. The van der Waals surface area contributed by atoms with Crippen molar-refractivity contribution in [2.75, 3.05) is 0 Å². The van der Waals surface area contributed by atoms with Crippen molar-refractivity contribution in [1.29, 1.82) is 5.26 Å². The first-order valence-electron chi connectivity index (χ1n) is 8.66. The molecular formula is C23H14N4. The second-order valence-corrected chi connectivity index (χ2v) is 6.33. The van der Waals surface area contributed by atoms with Gasteiger partial charge in [0.15, 0.2) is 0 Å². The highest BCUT2D eigenvalue weighted by Gasteiger charge is 2.13. The molecule has 0 aliphatic heterocycles. The first kappa shape index (κ1) is 15.3. The summed E-state index contributed by atoms with van der Waals surface area (Å²) in [5.74, 6) is 0.